The Bertz CT molecular complexity index is 517. The van der Waals surface area contributed by atoms with E-state index < -0.39 is 10.0 Å². The van der Waals surface area contributed by atoms with Gasteiger partial charge in [0.1, 0.15) is 0 Å². The number of allylic oxidation sites excluding steroid dienone is 2. The third kappa shape index (κ3) is 7.46. The van der Waals surface area contributed by atoms with Gasteiger partial charge in [-0.15, -0.1) is 0 Å². The standard InChI is InChI=1S/C16H25NO2S/c1-14(2)8-7-9-15(3)13-20(18,19)17-12-16-10-5-4-6-11-16/h4-6,8,10-11,15,17H,7,9,12-13H2,1-3H3. The number of hydrogen-bond acceptors (Lipinski definition) is 2. The SMILES string of the molecule is CC(C)=CCCC(C)CS(=O)(=O)NCc1ccccc1. The van der Waals surface area contributed by atoms with Gasteiger partial charge in [-0.1, -0.05) is 48.9 Å². The average molecular weight is 295 g/mol. The third-order valence-electron chi connectivity index (χ3n) is 3.06. The van der Waals surface area contributed by atoms with Crippen molar-refractivity contribution in [1.82, 2.24) is 4.72 Å². The van der Waals surface area contributed by atoms with Crippen molar-refractivity contribution in [1.29, 1.82) is 0 Å². The summed E-state index contributed by atoms with van der Waals surface area (Å²) >= 11 is 0. The van der Waals surface area contributed by atoms with Crippen molar-refractivity contribution in [3.05, 3.63) is 47.5 Å². The van der Waals surface area contributed by atoms with Crippen LogP contribution in [0.4, 0.5) is 0 Å². The van der Waals surface area contributed by atoms with E-state index >= 15 is 0 Å². The zero-order valence-corrected chi connectivity index (χ0v) is 13.4. The first-order valence-corrected chi connectivity index (χ1v) is 8.69. The Balaban J connectivity index is 2.39. The zero-order chi connectivity index (χ0) is 15.0. The Hall–Kier alpha value is -1.13. The van der Waals surface area contributed by atoms with E-state index in [9.17, 15) is 8.42 Å². The van der Waals surface area contributed by atoms with Crippen molar-refractivity contribution in [3.8, 4) is 0 Å². The first kappa shape index (κ1) is 16.9. The highest BCUT2D eigenvalue weighted by Crippen LogP contribution is 2.10. The molecular formula is C16H25NO2S. The Morgan fingerprint density at radius 1 is 1.25 bits per heavy atom. The van der Waals surface area contributed by atoms with Gasteiger partial charge in [0.25, 0.3) is 0 Å². The maximum atomic E-state index is 12.0. The summed E-state index contributed by atoms with van der Waals surface area (Å²) in [6.45, 7) is 6.47. The first-order valence-electron chi connectivity index (χ1n) is 7.03. The highest BCUT2D eigenvalue weighted by molar-refractivity contribution is 7.89. The highest BCUT2D eigenvalue weighted by Gasteiger charge is 2.14. The Morgan fingerprint density at radius 3 is 2.50 bits per heavy atom. The van der Waals surface area contributed by atoms with Crippen LogP contribution in [-0.2, 0) is 16.6 Å². The Labute approximate surface area is 123 Å². The normalized spacial score (nSPS) is 12.9. The van der Waals surface area contributed by atoms with E-state index in [4.69, 9.17) is 0 Å². The van der Waals surface area contributed by atoms with Gasteiger partial charge in [0, 0.05) is 6.54 Å². The largest absolute Gasteiger partial charge is 0.212 e. The van der Waals surface area contributed by atoms with Gasteiger partial charge >= 0.3 is 0 Å². The summed E-state index contributed by atoms with van der Waals surface area (Å²) in [6.07, 6.45) is 4.00. The van der Waals surface area contributed by atoms with E-state index in [1.807, 2.05) is 37.3 Å². The molecule has 0 bridgehead atoms. The fourth-order valence-electron chi connectivity index (χ4n) is 1.96. The fraction of sp³-hybridized carbons (Fsp3) is 0.500. The van der Waals surface area contributed by atoms with Crippen LogP contribution >= 0.6 is 0 Å². The van der Waals surface area contributed by atoms with Gasteiger partial charge in [-0.05, 0) is 38.2 Å². The Kier molecular flexibility index (Phi) is 6.96. The van der Waals surface area contributed by atoms with Crippen molar-refractivity contribution >= 4 is 10.0 Å². The van der Waals surface area contributed by atoms with Gasteiger partial charge in [0.2, 0.25) is 10.0 Å². The molecule has 0 aliphatic rings. The maximum absolute atomic E-state index is 12.0. The van der Waals surface area contributed by atoms with E-state index in [2.05, 4.69) is 24.6 Å². The first-order chi connectivity index (χ1) is 9.39. The summed E-state index contributed by atoms with van der Waals surface area (Å²) in [5.74, 6) is 0.357. The van der Waals surface area contributed by atoms with Gasteiger partial charge in [0.15, 0.2) is 0 Å². The number of nitrogens with one attached hydrogen (secondary N) is 1. The second-order valence-corrected chi connectivity index (χ2v) is 7.40. The van der Waals surface area contributed by atoms with Gasteiger partial charge in [-0.25, -0.2) is 13.1 Å². The number of sulfonamides is 1. The molecule has 1 N–H and O–H groups in total. The molecule has 0 amide bonds. The molecule has 1 rings (SSSR count). The van der Waals surface area contributed by atoms with Crippen LogP contribution in [0, 0.1) is 5.92 Å². The smallest absolute Gasteiger partial charge is 0.212 e. The lowest BCUT2D eigenvalue weighted by molar-refractivity contribution is 0.542. The fourth-order valence-corrected chi connectivity index (χ4v) is 3.38. The summed E-state index contributed by atoms with van der Waals surface area (Å²) in [7, 11) is -3.20. The monoisotopic (exact) mass is 295 g/mol. The highest BCUT2D eigenvalue weighted by atomic mass is 32.2. The molecule has 20 heavy (non-hydrogen) atoms. The van der Waals surface area contributed by atoms with Crippen LogP contribution in [0.25, 0.3) is 0 Å². The summed E-state index contributed by atoms with van der Waals surface area (Å²) in [4.78, 5) is 0. The molecule has 0 radical (unpaired) electrons. The predicted molar refractivity (Wildman–Crippen MR) is 84.9 cm³/mol. The van der Waals surface area contributed by atoms with Gasteiger partial charge in [-0.2, -0.15) is 0 Å². The molecule has 0 aromatic heterocycles. The minimum atomic E-state index is -3.20. The molecular weight excluding hydrogens is 270 g/mol. The van der Waals surface area contributed by atoms with E-state index in [1.165, 1.54) is 5.57 Å². The minimum Gasteiger partial charge on any atom is -0.212 e. The van der Waals surface area contributed by atoms with Gasteiger partial charge in [0.05, 0.1) is 5.75 Å². The van der Waals surface area contributed by atoms with Crippen molar-refractivity contribution < 1.29 is 8.42 Å². The molecule has 1 atom stereocenters. The molecule has 0 saturated carbocycles. The van der Waals surface area contributed by atoms with Crippen LogP contribution in [0.2, 0.25) is 0 Å². The second-order valence-electron chi connectivity index (χ2n) is 5.55. The molecule has 1 aromatic rings. The van der Waals surface area contributed by atoms with Crippen LogP contribution in [0.3, 0.4) is 0 Å². The zero-order valence-electron chi connectivity index (χ0n) is 12.6. The van der Waals surface area contributed by atoms with Crippen LogP contribution in [0.15, 0.2) is 42.0 Å². The maximum Gasteiger partial charge on any atom is 0.212 e. The van der Waals surface area contributed by atoms with E-state index in [-0.39, 0.29) is 11.7 Å². The second kappa shape index (κ2) is 8.22. The van der Waals surface area contributed by atoms with E-state index in [1.54, 1.807) is 0 Å². The topological polar surface area (TPSA) is 46.2 Å². The summed E-state index contributed by atoms with van der Waals surface area (Å²) in [5.41, 5.74) is 2.26. The number of benzene rings is 1. The molecule has 112 valence electrons. The van der Waals surface area contributed by atoms with Crippen molar-refractivity contribution in [3.63, 3.8) is 0 Å². The van der Waals surface area contributed by atoms with Crippen molar-refractivity contribution in [2.24, 2.45) is 5.92 Å². The molecule has 0 heterocycles. The Morgan fingerprint density at radius 2 is 1.90 bits per heavy atom. The molecule has 0 fully saturated rings. The molecule has 0 aliphatic heterocycles. The molecule has 0 spiro atoms. The van der Waals surface area contributed by atoms with Crippen molar-refractivity contribution in [2.45, 2.75) is 40.2 Å². The summed E-state index contributed by atoms with van der Waals surface area (Å²) in [6, 6.07) is 9.57. The van der Waals surface area contributed by atoms with Gasteiger partial charge in [-0.3, -0.25) is 0 Å². The minimum absolute atomic E-state index is 0.166. The van der Waals surface area contributed by atoms with Crippen LogP contribution in [0.1, 0.15) is 39.2 Å². The lowest BCUT2D eigenvalue weighted by atomic mass is 10.1. The molecule has 4 heteroatoms. The average Bonchev–Trinajstić information content (AvgIpc) is 2.37. The molecule has 1 aromatic carbocycles. The molecule has 0 saturated heterocycles. The van der Waals surface area contributed by atoms with Crippen LogP contribution in [0.5, 0.6) is 0 Å². The molecule has 3 nitrogen and oxygen atoms in total. The number of hydrogen-bond donors (Lipinski definition) is 1. The summed E-state index contributed by atoms with van der Waals surface area (Å²) < 4.78 is 26.6. The van der Waals surface area contributed by atoms with E-state index in [0.29, 0.717) is 6.54 Å². The van der Waals surface area contributed by atoms with Crippen LogP contribution in [-0.4, -0.2) is 14.2 Å². The van der Waals surface area contributed by atoms with Crippen molar-refractivity contribution in [2.75, 3.05) is 5.75 Å². The molecule has 1 unspecified atom stereocenters. The molecule has 0 aliphatic carbocycles. The van der Waals surface area contributed by atoms with E-state index in [0.717, 1.165) is 18.4 Å². The van der Waals surface area contributed by atoms with Gasteiger partial charge < -0.3 is 0 Å². The lowest BCUT2D eigenvalue weighted by Crippen LogP contribution is -2.28. The quantitative estimate of drug-likeness (QED) is 0.746. The van der Waals surface area contributed by atoms with Crippen LogP contribution < -0.4 is 4.72 Å². The number of rotatable bonds is 8. The lowest BCUT2D eigenvalue weighted by Gasteiger charge is -2.12. The third-order valence-corrected chi connectivity index (χ3v) is 4.65. The summed E-state index contributed by atoms with van der Waals surface area (Å²) in [5, 5.41) is 0. The predicted octanol–water partition coefficient (Wildman–Crippen LogP) is 3.49.